The standard InChI is InChI=1S/C18H21ClN2O/c1-4-21(5-2)16-10-11-17(13(3)12-16)20-18(22)14-6-8-15(19)9-7-14/h6-12H,4-5H2,1-3H3,(H,20,22). The Bertz CT molecular complexity index is 649. The molecule has 0 unspecified atom stereocenters. The van der Waals surface area contributed by atoms with Gasteiger partial charge in [-0.3, -0.25) is 4.79 Å². The van der Waals surface area contributed by atoms with Crippen LogP contribution in [0.3, 0.4) is 0 Å². The van der Waals surface area contributed by atoms with E-state index in [0.29, 0.717) is 10.6 Å². The number of hydrogen-bond acceptors (Lipinski definition) is 2. The Morgan fingerprint density at radius 2 is 1.73 bits per heavy atom. The molecule has 22 heavy (non-hydrogen) atoms. The molecule has 0 atom stereocenters. The topological polar surface area (TPSA) is 32.3 Å². The van der Waals surface area contributed by atoms with Crippen molar-refractivity contribution in [3.63, 3.8) is 0 Å². The third-order valence-corrected chi connectivity index (χ3v) is 3.95. The second-order valence-electron chi connectivity index (χ2n) is 5.13. The van der Waals surface area contributed by atoms with Gasteiger partial charge in [0.05, 0.1) is 0 Å². The Labute approximate surface area is 136 Å². The number of aryl methyl sites for hydroxylation is 1. The number of nitrogens with one attached hydrogen (secondary N) is 1. The summed E-state index contributed by atoms with van der Waals surface area (Å²) in [5.74, 6) is -0.129. The van der Waals surface area contributed by atoms with E-state index in [2.05, 4.69) is 30.1 Å². The first kappa shape index (κ1) is 16.4. The van der Waals surface area contributed by atoms with Crippen LogP contribution in [0.4, 0.5) is 11.4 Å². The summed E-state index contributed by atoms with van der Waals surface area (Å²) < 4.78 is 0. The number of hydrogen-bond donors (Lipinski definition) is 1. The molecule has 2 aromatic rings. The zero-order chi connectivity index (χ0) is 16.1. The maximum absolute atomic E-state index is 12.2. The molecule has 0 aliphatic carbocycles. The smallest absolute Gasteiger partial charge is 0.255 e. The Balaban J connectivity index is 2.16. The van der Waals surface area contributed by atoms with Gasteiger partial charge in [-0.05, 0) is 68.8 Å². The summed E-state index contributed by atoms with van der Waals surface area (Å²) in [6.07, 6.45) is 0. The number of amides is 1. The van der Waals surface area contributed by atoms with E-state index in [-0.39, 0.29) is 5.91 Å². The molecule has 0 aliphatic heterocycles. The lowest BCUT2D eigenvalue weighted by molar-refractivity contribution is 0.102. The molecule has 0 heterocycles. The SMILES string of the molecule is CCN(CC)c1ccc(NC(=O)c2ccc(Cl)cc2)c(C)c1. The number of benzene rings is 2. The second-order valence-corrected chi connectivity index (χ2v) is 5.57. The number of halogens is 1. The predicted molar refractivity (Wildman–Crippen MR) is 94.1 cm³/mol. The predicted octanol–water partition coefficient (Wildman–Crippen LogP) is 4.75. The first-order chi connectivity index (χ1) is 10.5. The largest absolute Gasteiger partial charge is 0.372 e. The fourth-order valence-corrected chi connectivity index (χ4v) is 2.50. The molecule has 2 aromatic carbocycles. The molecule has 0 bridgehead atoms. The molecule has 1 amide bonds. The van der Waals surface area contributed by atoms with Crippen LogP contribution < -0.4 is 10.2 Å². The molecular formula is C18H21ClN2O. The van der Waals surface area contributed by atoms with Crippen LogP contribution in [0.15, 0.2) is 42.5 Å². The number of anilines is 2. The van der Waals surface area contributed by atoms with Gasteiger partial charge in [-0.15, -0.1) is 0 Å². The maximum atomic E-state index is 12.2. The molecule has 1 N–H and O–H groups in total. The molecular weight excluding hydrogens is 296 g/mol. The maximum Gasteiger partial charge on any atom is 0.255 e. The van der Waals surface area contributed by atoms with Crippen LogP contribution in [0.5, 0.6) is 0 Å². The normalized spacial score (nSPS) is 10.4. The van der Waals surface area contributed by atoms with Crippen molar-refractivity contribution in [2.45, 2.75) is 20.8 Å². The molecule has 116 valence electrons. The zero-order valence-electron chi connectivity index (χ0n) is 13.2. The van der Waals surface area contributed by atoms with Crippen LogP contribution in [-0.2, 0) is 0 Å². The van der Waals surface area contributed by atoms with Crippen molar-refractivity contribution in [2.24, 2.45) is 0 Å². The highest BCUT2D eigenvalue weighted by molar-refractivity contribution is 6.30. The summed E-state index contributed by atoms with van der Waals surface area (Å²) in [6, 6.07) is 13.0. The van der Waals surface area contributed by atoms with Gasteiger partial charge in [-0.25, -0.2) is 0 Å². The summed E-state index contributed by atoms with van der Waals surface area (Å²) in [5, 5.41) is 3.57. The molecule has 0 aromatic heterocycles. The first-order valence-electron chi connectivity index (χ1n) is 7.47. The van der Waals surface area contributed by atoms with E-state index in [0.717, 1.165) is 24.3 Å². The minimum atomic E-state index is -0.129. The second kappa shape index (κ2) is 7.32. The number of rotatable bonds is 5. The average molecular weight is 317 g/mol. The molecule has 0 saturated heterocycles. The minimum Gasteiger partial charge on any atom is -0.372 e. The van der Waals surface area contributed by atoms with Gasteiger partial charge in [-0.1, -0.05) is 11.6 Å². The number of nitrogens with zero attached hydrogens (tertiary/aromatic N) is 1. The van der Waals surface area contributed by atoms with Gasteiger partial charge in [0.15, 0.2) is 0 Å². The summed E-state index contributed by atoms with van der Waals surface area (Å²) in [6.45, 7) is 8.20. The molecule has 3 nitrogen and oxygen atoms in total. The molecule has 0 spiro atoms. The van der Waals surface area contributed by atoms with Gasteiger partial charge in [-0.2, -0.15) is 0 Å². The lowest BCUT2D eigenvalue weighted by Gasteiger charge is -2.22. The average Bonchev–Trinajstić information content (AvgIpc) is 2.51. The van der Waals surface area contributed by atoms with Gasteiger partial charge in [0.1, 0.15) is 0 Å². The van der Waals surface area contributed by atoms with Crippen LogP contribution >= 0.6 is 11.6 Å². The zero-order valence-corrected chi connectivity index (χ0v) is 13.9. The highest BCUT2D eigenvalue weighted by atomic mass is 35.5. The summed E-state index contributed by atoms with van der Waals surface area (Å²) in [7, 11) is 0. The quantitative estimate of drug-likeness (QED) is 0.863. The Hall–Kier alpha value is -2.00. The highest BCUT2D eigenvalue weighted by Gasteiger charge is 2.09. The fourth-order valence-electron chi connectivity index (χ4n) is 2.37. The van der Waals surface area contributed by atoms with Crippen LogP contribution in [0, 0.1) is 6.92 Å². The van der Waals surface area contributed by atoms with E-state index in [4.69, 9.17) is 11.6 Å². The molecule has 0 saturated carbocycles. The van der Waals surface area contributed by atoms with Crippen molar-refractivity contribution in [2.75, 3.05) is 23.3 Å². The summed E-state index contributed by atoms with van der Waals surface area (Å²) in [4.78, 5) is 14.5. The molecule has 0 aliphatic rings. The minimum absolute atomic E-state index is 0.129. The van der Waals surface area contributed by atoms with Crippen LogP contribution in [0.25, 0.3) is 0 Å². The molecule has 4 heteroatoms. The van der Waals surface area contributed by atoms with Crippen molar-refractivity contribution in [3.05, 3.63) is 58.6 Å². The Morgan fingerprint density at radius 1 is 1.09 bits per heavy atom. The fraction of sp³-hybridized carbons (Fsp3) is 0.278. The molecule has 0 radical (unpaired) electrons. The van der Waals surface area contributed by atoms with Gasteiger partial charge < -0.3 is 10.2 Å². The van der Waals surface area contributed by atoms with Gasteiger partial charge in [0.25, 0.3) is 5.91 Å². The van der Waals surface area contributed by atoms with E-state index in [9.17, 15) is 4.79 Å². The lowest BCUT2D eigenvalue weighted by atomic mass is 10.1. The van der Waals surface area contributed by atoms with Crippen molar-refractivity contribution < 1.29 is 4.79 Å². The van der Waals surface area contributed by atoms with Crippen LogP contribution in [0.1, 0.15) is 29.8 Å². The van der Waals surface area contributed by atoms with E-state index >= 15 is 0 Å². The molecule has 2 rings (SSSR count). The van der Waals surface area contributed by atoms with Gasteiger partial charge >= 0.3 is 0 Å². The summed E-state index contributed by atoms with van der Waals surface area (Å²) >= 11 is 5.84. The van der Waals surface area contributed by atoms with Crippen molar-refractivity contribution in [1.82, 2.24) is 0 Å². The lowest BCUT2D eigenvalue weighted by Crippen LogP contribution is -2.22. The van der Waals surface area contributed by atoms with Gasteiger partial charge in [0.2, 0.25) is 0 Å². The third-order valence-electron chi connectivity index (χ3n) is 3.69. The number of carbonyl (C=O) groups is 1. The number of carbonyl (C=O) groups excluding carboxylic acids is 1. The monoisotopic (exact) mass is 316 g/mol. The van der Waals surface area contributed by atoms with Crippen LogP contribution in [-0.4, -0.2) is 19.0 Å². The van der Waals surface area contributed by atoms with Crippen molar-refractivity contribution >= 4 is 28.9 Å². The van der Waals surface area contributed by atoms with E-state index in [1.165, 1.54) is 5.69 Å². The first-order valence-corrected chi connectivity index (χ1v) is 7.85. The van der Waals surface area contributed by atoms with Crippen LogP contribution in [0.2, 0.25) is 5.02 Å². The van der Waals surface area contributed by atoms with E-state index in [1.807, 2.05) is 19.1 Å². The van der Waals surface area contributed by atoms with Crippen molar-refractivity contribution in [1.29, 1.82) is 0 Å². The van der Waals surface area contributed by atoms with Crippen molar-refractivity contribution in [3.8, 4) is 0 Å². The Morgan fingerprint density at radius 3 is 2.27 bits per heavy atom. The van der Waals surface area contributed by atoms with Gasteiger partial charge in [0, 0.05) is 35.1 Å². The summed E-state index contributed by atoms with van der Waals surface area (Å²) in [5.41, 5.74) is 3.64. The highest BCUT2D eigenvalue weighted by Crippen LogP contribution is 2.23. The van der Waals surface area contributed by atoms with E-state index in [1.54, 1.807) is 24.3 Å². The third kappa shape index (κ3) is 3.80. The Kier molecular flexibility index (Phi) is 5.45. The van der Waals surface area contributed by atoms with E-state index < -0.39 is 0 Å². The molecule has 0 fully saturated rings.